The second-order valence-corrected chi connectivity index (χ2v) is 7.75. The molecule has 4 aromatic rings. The minimum atomic E-state index is -0.493. The molecule has 1 aromatic heterocycles. The molecule has 0 saturated heterocycles. The second-order valence-electron chi connectivity index (χ2n) is 6.81. The molecule has 0 fully saturated rings. The van der Waals surface area contributed by atoms with Crippen LogP contribution in [0.2, 0.25) is 0 Å². The van der Waals surface area contributed by atoms with E-state index in [1.807, 2.05) is 65.2 Å². The van der Waals surface area contributed by atoms with Gasteiger partial charge in [-0.15, -0.1) is 10.2 Å². The average Bonchev–Trinajstić information content (AvgIpc) is 3.23. The van der Waals surface area contributed by atoms with Crippen molar-refractivity contribution >= 4 is 23.4 Å². The highest BCUT2D eigenvalue weighted by molar-refractivity contribution is 7.99. The number of thioether (sulfide) groups is 1. The van der Waals surface area contributed by atoms with Gasteiger partial charge in [-0.05, 0) is 31.2 Å². The molecule has 0 saturated carbocycles. The third-order valence-corrected chi connectivity index (χ3v) is 5.50. The Morgan fingerprint density at radius 1 is 1.03 bits per heavy atom. The van der Waals surface area contributed by atoms with E-state index in [4.69, 9.17) is 4.74 Å². The predicted molar refractivity (Wildman–Crippen MR) is 121 cm³/mol. The van der Waals surface area contributed by atoms with Crippen molar-refractivity contribution in [1.29, 1.82) is 0 Å². The van der Waals surface area contributed by atoms with Gasteiger partial charge in [-0.1, -0.05) is 60.3 Å². The summed E-state index contributed by atoms with van der Waals surface area (Å²) < 4.78 is 7.24. The van der Waals surface area contributed by atoms with Gasteiger partial charge in [0.1, 0.15) is 5.75 Å². The number of hydrogen-bond donors (Lipinski definition) is 0. The highest BCUT2D eigenvalue weighted by Crippen LogP contribution is 2.28. The molecule has 0 atom stereocenters. The van der Waals surface area contributed by atoms with Crippen LogP contribution in [0.5, 0.6) is 5.75 Å². The molecule has 0 amide bonds. The number of hydrogen-bond acceptors (Lipinski definition) is 7. The Kier molecular flexibility index (Phi) is 6.27. The van der Waals surface area contributed by atoms with Crippen LogP contribution in [0.1, 0.15) is 5.56 Å². The van der Waals surface area contributed by atoms with Crippen molar-refractivity contribution in [2.75, 3.05) is 5.75 Å². The minimum absolute atomic E-state index is 0.00417. The molecule has 0 spiro atoms. The first-order chi connectivity index (χ1) is 15.5. The van der Waals surface area contributed by atoms with Crippen molar-refractivity contribution in [3.05, 3.63) is 94.5 Å². The fourth-order valence-electron chi connectivity index (χ4n) is 3.13. The summed E-state index contributed by atoms with van der Waals surface area (Å²) in [4.78, 5) is 22.9. The van der Waals surface area contributed by atoms with Gasteiger partial charge < -0.3 is 4.74 Å². The summed E-state index contributed by atoms with van der Waals surface area (Å²) in [6.07, 6.45) is 0. The van der Waals surface area contributed by atoms with Crippen molar-refractivity contribution in [2.24, 2.45) is 0 Å². The molecule has 160 valence electrons. The normalized spacial score (nSPS) is 10.7. The van der Waals surface area contributed by atoms with Gasteiger partial charge in [-0.25, -0.2) is 0 Å². The van der Waals surface area contributed by atoms with E-state index < -0.39 is 10.9 Å². The van der Waals surface area contributed by atoms with Crippen LogP contribution in [0.3, 0.4) is 0 Å². The number of para-hydroxylation sites is 1. The van der Waals surface area contributed by atoms with E-state index in [0.29, 0.717) is 16.5 Å². The molecule has 3 aromatic carbocycles. The number of aromatic nitrogens is 3. The largest absolute Gasteiger partial charge is 0.426 e. The molecule has 0 N–H and O–H groups in total. The van der Waals surface area contributed by atoms with E-state index in [1.165, 1.54) is 30.0 Å². The van der Waals surface area contributed by atoms with Crippen molar-refractivity contribution in [2.45, 2.75) is 12.1 Å². The fraction of sp³-hybridized carbons (Fsp3) is 0.0870. The van der Waals surface area contributed by atoms with E-state index in [9.17, 15) is 14.9 Å². The summed E-state index contributed by atoms with van der Waals surface area (Å²) in [7, 11) is 0. The molecule has 1 heterocycles. The molecule has 0 radical (unpaired) electrons. The van der Waals surface area contributed by atoms with Crippen LogP contribution in [0.4, 0.5) is 5.69 Å². The SMILES string of the molecule is Cc1cc(OC(=O)CSc2nnc(-c3ccccc3)n2-c2ccccc2)ccc1[N+](=O)[O-]. The molecule has 0 aliphatic carbocycles. The van der Waals surface area contributed by atoms with Crippen LogP contribution in [-0.4, -0.2) is 31.4 Å². The van der Waals surface area contributed by atoms with Crippen molar-refractivity contribution in [1.82, 2.24) is 14.8 Å². The van der Waals surface area contributed by atoms with E-state index in [2.05, 4.69) is 10.2 Å². The molecular formula is C23H18N4O4S. The van der Waals surface area contributed by atoms with Crippen LogP contribution in [0.25, 0.3) is 17.1 Å². The standard InChI is InChI=1S/C23H18N4O4S/c1-16-14-19(12-13-20(16)27(29)30)31-21(28)15-32-23-25-24-22(17-8-4-2-5-9-17)26(23)18-10-6-3-7-11-18/h2-14H,15H2,1H3. The quantitative estimate of drug-likeness (QED) is 0.132. The molecule has 0 aliphatic heterocycles. The van der Waals surface area contributed by atoms with Gasteiger partial charge in [0.15, 0.2) is 11.0 Å². The van der Waals surface area contributed by atoms with Crippen molar-refractivity contribution < 1.29 is 14.5 Å². The zero-order valence-electron chi connectivity index (χ0n) is 17.0. The molecule has 9 heteroatoms. The first kappa shape index (κ1) is 21.3. The van der Waals surface area contributed by atoms with Crippen molar-refractivity contribution in [3.8, 4) is 22.8 Å². The summed E-state index contributed by atoms with van der Waals surface area (Å²) >= 11 is 1.20. The molecule has 32 heavy (non-hydrogen) atoms. The number of aryl methyl sites for hydroxylation is 1. The average molecular weight is 446 g/mol. The number of esters is 1. The summed E-state index contributed by atoms with van der Waals surface area (Å²) in [5.41, 5.74) is 2.17. The van der Waals surface area contributed by atoms with Crippen LogP contribution < -0.4 is 4.74 Å². The highest BCUT2D eigenvalue weighted by atomic mass is 32.2. The summed E-state index contributed by atoms with van der Waals surface area (Å²) in [6, 6.07) is 23.5. The first-order valence-electron chi connectivity index (χ1n) is 9.67. The van der Waals surface area contributed by atoms with Crippen LogP contribution in [0, 0.1) is 17.0 Å². The van der Waals surface area contributed by atoms with E-state index >= 15 is 0 Å². The van der Waals surface area contributed by atoms with Gasteiger partial charge in [0.25, 0.3) is 5.69 Å². The van der Waals surface area contributed by atoms with E-state index in [-0.39, 0.29) is 17.2 Å². The summed E-state index contributed by atoms with van der Waals surface area (Å²) in [5, 5.41) is 20.1. The molecule has 4 rings (SSSR count). The lowest BCUT2D eigenvalue weighted by Crippen LogP contribution is -2.11. The van der Waals surface area contributed by atoms with Crippen molar-refractivity contribution in [3.63, 3.8) is 0 Å². The minimum Gasteiger partial charge on any atom is -0.426 e. The van der Waals surface area contributed by atoms with Gasteiger partial charge in [0.05, 0.1) is 10.7 Å². The van der Waals surface area contributed by atoms with Crippen LogP contribution >= 0.6 is 11.8 Å². The Morgan fingerprint density at radius 3 is 2.38 bits per heavy atom. The maximum Gasteiger partial charge on any atom is 0.321 e. The molecular weight excluding hydrogens is 428 g/mol. The number of rotatable bonds is 7. The fourth-order valence-corrected chi connectivity index (χ4v) is 3.85. The topological polar surface area (TPSA) is 100 Å². The third-order valence-electron chi connectivity index (χ3n) is 4.60. The Balaban J connectivity index is 1.53. The van der Waals surface area contributed by atoms with Gasteiger partial charge in [-0.3, -0.25) is 19.5 Å². The lowest BCUT2D eigenvalue weighted by molar-refractivity contribution is -0.385. The number of nitro benzene ring substituents is 1. The lowest BCUT2D eigenvalue weighted by Gasteiger charge is -2.10. The number of nitro groups is 1. The zero-order chi connectivity index (χ0) is 22.5. The Hall–Kier alpha value is -3.98. The second kappa shape index (κ2) is 9.44. The number of ether oxygens (including phenoxy) is 1. The van der Waals surface area contributed by atoms with Gasteiger partial charge in [0, 0.05) is 22.9 Å². The van der Waals surface area contributed by atoms with Gasteiger partial charge >= 0.3 is 5.97 Å². The Bertz CT molecular complexity index is 1260. The predicted octanol–water partition coefficient (Wildman–Crippen LogP) is 4.85. The number of carbonyl (C=O) groups is 1. The van der Waals surface area contributed by atoms with Gasteiger partial charge in [-0.2, -0.15) is 0 Å². The van der Waals surface area contributed by atoms with Gasteiger partial charge in [0.2, 0.25) is 0 Å². The highest BCUT2D eigenvalue weighted by Gasteiger charge is 2.18. The molecule has 8 nitrogen and oxygen atoms in total. The lowest BCUT2D eigenvalue weighted by atomic mass is 10.2. The van der Waals surface area contributed by atoms with Crippen LogP contribution in [0.15, 0.2) is 84.0 Å². The number of carbonyl (C=O) groups excluding carboxylic acids is 1. The number of nitrogens with zero attached hydrogens (tertiary/aromatic N) is 4. The maximum atomic E-state index is 12.4. The molecule has 0 aliphatic rings. The number of benzene rings is 3. The summed E-state index contributed by atoms with van der Waals surface area (Å²) in [6.45, 7) is 1.59. The van der Waals surface area contributed by atoms with Crippen LogP contribution in [-0.2, 0) is 4.79 Å². The Morgan fingerprint density at radius 2 is 1.72 bits per heavy atom. The molecule has 0 unspecified atom stereocenters. The monoisotopic (exact) mass is 446 g/mol. The summed E-state index contributed by atoms with van der Waals surface area (Å²) in [5.74, 6) is 0.425. The maximum absolute atomic E-state index is 12.4. The first-order valence-corrected chi connectivity index (χ1v) is 10.7. The third kappa shape index (κ3) is 4.68. The smallest absolute Gasteiger partial charge is 0.321 e. The Labute approximate surface area is 188 Å². The van der Waals surface area contributed by atoms with E-state index in [1.54, 1.807) is 6.92 Å². The molecule has 0 bridgehead atoms. The zero-order valence-corrected chi connectivity index (χ0v) is 17.9. The van der Waals surface area contributed by atoms with E-state index in [0.717, 1.165) is 11.3 Å².